The number of rotatable bonds is 7. The number of hydrogen-bond donors (Lipinski definition) is 3. The van der Waals surface area contributed by atoms with Gasteiger partial charge < -0.3 is 16.0 Å². The van der Waals surface area contributed by atoms with E-state index in [1.54, 1.807) is 12.1 Å². The molecule has 4 N–H and O–H groups in total. The summed E-state index contributed by atoms with van der Waals surface area (Å²) in [7, 11) is 0. The zero-order valence-electron chi connectivity index (χ0n) is 16.1. The van der Waals surface area contributed by atoms with Crippen LogP contribution in [0.2, 0.25) is 5.02 Å². The van der Waals surface area contributed by atoms with Gasteiger partial charge in [0.2, 0.25) is 5.91 Å². The first-order valence-corrected chi connectivity index (χ1v) is 11.3. The topological polar surface area (TPSA) is 70.9 Å². The predicted molar refractivity (Wildman–Crippen MR) is 123 cm³/mol. The van der Waals surface area contributed by atoms with E-state index in [1.807, 2.05) is 18.0 Å². The van der Waals surface area contributed by atoms with E-state index in [0.29, 0.717) is 16.6 Å². The van der Waals surface area contributed by atoms with E-state index < -0.39 is 5.91 Å². The number of fused-ring (bicyclic) bond motifs is 1. The Kier molecular flexibility index (Phi) is 6.28. The lowest BCUT2D eigenvalue weighted by molar-refractivity contribution is 0.100. The smallest absolute Gasteiger partial charge is 0.249 e. The summed E-state index contributed by atoms with van der Waals surface area (Å²) >= 11 is 8.14. The third-order valence-electron chi connectivity index (χ3n) is 5.37. The fourth-order valence-corrected chi connectivity index (χ4v) is 5.13. The number of nitrogens with one attached hydrogen (secondary N) is 2. The first-order chi connectivity index (χ1) is 14.1. The van der Waals surface area contributed by atoms with Crippen LogP contribution in [-0.4, -0.2) is 29.2 Å². The minimum Gasteiger partial charge on any atom is -0.366 e. The van der Waals surface area contributed by atoms with E-state index in [9.17, 15) is 4.79 Å². The third kappa shape index (κ3) is 4.53. The van der Waals surface area contributed by atoms with Crippen molar-refractivity contribution in [3.8, 4) is 0 Å². The third-order valence-corrected chi connectivity index (χ3v) is 6.72. The monoisotopic (exact) mass is 425 g/mol. The number of benzene rings is 2. The molecule has 150 valence electrons. The number of thioether (sulfide) groups is 1. The van der Waals surface area contributed by atoms with Crippen LogP contribution in [0, 0.1) is 0 Å². The van der Waals surface area contributed by atoms with Crippen molar-refractivity contribution in [1.29, 1.82) is 0 Å². The molecule has 0 fully saturated rings. The molecule has 1 amide bonds. The van der Waals surface area contributed by atoms with Gasteiger partial charge in [-0.25, -0.2) is 0 Å². The quantitative estimate of drug-likeness (QED) is 0.467. The van der Waals surface area contributed by atoms with Crippen LogP contribution in [-0.2, 0) is 5.75 Å². The fraction of sp³-hybridized carbons (Fsp3) is 0.261. The number of aromatic nitrogens is 1. The number of nitrogens with two attached hydrogens (primary N) is 1. The standard InChI is InChI=1S/C23H24ClN3OS/c24-20-7-6-19(23(25)28)21-17(13-27-22(20)21)14-29-11-9-18-12-16(8-10-26-18)15-4-2-1-3-5-15/h1-8,13,18,26-27H,9-12,14H2,(H2,25,28). The molecular formula is C23H24ClN3OS. The molecule has 29 heavy (non-hydrogen) atoms. The second-order valence-electron chi connectivity index (χ2n) is 7.27. The van der Waals surface area contributed by atoms with Crippen LogP contribution in [0.1, 0.15) is 34.3 Å². The maximum Gasteiger partial charge on any atom is 0.249 e. The van der Waals surface area contributed by atoms with Gasteiger partial charge in [0, 0.05) is 35.5 Å². The molecular weight excluding hydrogens is 402 g/mol. The Morgan fingerprint density at radius 3 is 2.83 bits per heavy atom. The molecule has 1 aromatic heterocycles. The summed E-state index contributed by atoms with van der Waals surface area (Å²) in [6, 6.07) is 14.5. The number of aromatic amines is 1. The Labute approximate surface area is 179 Å². The van der Waals surface area contributed by atoms with Crippen LogP contribution in [0.3, 0.4) is 0 Å². The lowest BCUT2D eigenvalue weighted by Gasteiger charge is -2.24. The summed E-state index contributed by atoms with van der Waals surface area (Å²) in [5.74, 6) is 1.43. The van der Waals surface area contributed by atoms with E-state index in [1.165, 1.54) is 11.1 Å². The first kappa shape index (κ1) is 20.1. The molecule has 2 heterocycles. The van der Waals surface area contributed by atoms with Gasteiger partial charge in [-0.2, -0.15) is 11.8 Å². The molecule has 4 nitrogen and oxygen atoms in total. The first-order valence-electron chi connectivity index (χ1n) is 9.77. The van der Waals surface area contributed by atoms with Gasteiger partial charge in [0.1, 0.15) is 0 Å². The van der Waals surface area contributed by atoms with Crippen molar-refractivity contribution < 1.29 is 4.79 Å². The van der Waals surface area contributed by atoms with Crippen molar-refractivity contribution in [2.75, 3.05) is 12.3 Å². The number of amides is 1. The van der Waals surface area contributed by atoms with Crippen LogP contribution in [0.25, 0.3) is 16.5 Å². The number of carbonyl (C=O) groups is 1. The van der Waals surface area contributed by atoms with E-state index in [0.717, 1.165) is 47.4 Å². The molecule has 0 saturated heterocycles. The van der Waals surface area contributed by atoms with Gasteiger partial charge in [0.05, 0.1) is 10.5 Å². The van der Waals surface area contributed by atoms with Crippen molar-refractivity contribution in [3.63, 3.8) is 0 Å². The molecule has 0 radical (unpaired) electrons. The number of halogens is 1. The highest BCUT2D eigenvalue weighted by Crippen LogP contribution is 2.31. The maximum absolute atomic E-state index is 11.8. The molecule has 3 aromatic rings. The predicted octanol–water partition coefficient (Wildman–Crippen LogP) is 4.99. The van der Waals surface area contributed by atoms with E-state index >= 15 is 0 Å². The Bertz CT molecular complexity index is 1040. The normalized spacial score (nSPS) is 16.7. The zero-order valence-corrected chi connectivity index (χ0v) is 17.7. The van der Waals surface area contributed by atoms with Gasteiger partial charge in [-0.1, -0.05) is 48.0 Å². The van der Waals surface area contributed by atoms with Crippen LogP contribution >= 0.6 is 23.4 Å². The second-order valence-corrected chi connectivity index (χ2v) is 8.78. The van der Waals surface area contributed by atoms with Gasteiger partial charge >= 0.3 is 0 Å². The van der Waals surface area contributed by atoms with Gasteiger partial charge in [0.15, 0.2) is 0 Å². The van der Waals surface area contributed by atoms with Gasteiger partial charge in [0.25, 0.3) is 0 Å². The Hall–Kier alpha value is -2.21. The summed E-state index contributed by atoms with van der Waals surface area (Å²) in [5, 5.41) is 5.05. The van der Waals surface area contributed by atoms with E-state index in [4.69, 9.17) is 17.3 Å². The average Bonchev–Trinajstić information content (AvgIpc) is 3.17. The molecule has 6 heteroatoms. The molecule has 1 unspecified atom stereocenters. The van der Waals surface area contributed by atoms with Gasteiger partial charge in [-0.05, 0) is 47.4 Å². The minimum absolute atomic E-state index is 0.427. The molecule has 0 aliphatic carbocycles. The summed E-state index contributed by atoms with van der Waals surface area (Å²) in [4.78, 5) is 15.0. The summed E-state index contributed by atoms with van der Waals surface area (Å²) < 4.78 is 0. The molecule has 1 aliphatic heterocycles. The summed E-state index contributed by atoms with van der Waals surface area (Å²) in [5.41, 5.74) is 10.7. The van der Waals surface area contributed by atoms with Gasteiger partial charge in [-0.15, -0.1) is 0 Å². The summed E-state index contributed by atoms with van der Waals surface area (Å²) in [6.45, 7) is 0.919. The molecule has 1 aliphatic rings. The SMILES string of the molecule is NC(=O)c1ccc(Cl)c2[nH]cc(CSCCC3CC(c4ccccc4)=CCN3)c12. The Morgan fingerprint density at radius 2 is 2.03 bits per heavy atom. The molecule has 1 atom stereocenters. The highest BCUT2D eigenvalue weighted by Gasteiger charge is 2.17. The van der Waals surface area contributed by atoms with Crippen molar-refractivity contribution >= 4 is 45.7 Å². The van der Waals surface area contributed by atoms with Crippen LogP contribution in [0.4, 0.5) is 0 Å². The van der Waals surface area contributed by atoms with E-state index in [2.05, 4.69) is 46.7 Å². The highest BCUT2D eigenvalue weighted by molar-refractivity contribution is 7.98. The summed E-state index contributed by atoms with van der Waals surface area (Å²) in [6.07, 6.45) is 6.38. The number of carbonyl (C=O) groups excluding carboxylic acids is 1. The maximum atomic E-state index is 11.8. The number of H-pyrrole nitrogens is 1. The fourth-order valence-electron chi connectivity index (χ4n) is 3.87. The Balaban J connectivity index is 1.35. The van der Waals surface area contributed by atoms with Crippen LogP contribution < -0.4 is 11.1 Å². The minimum atomic E-state index is -0.427. The van der Waals surface area contributed by atoms with Gasteiger partial charge in [-0.3, -0.25) is 4.79 Å². The van der Waals surface area contributed by atoms with Crippen molar-refractivity contribution in [2.45, 2.75) is 24.6 Å². The zero-order chi connectivity index (χ0) is 20.2. The largest absolute Gasteiger partial charge is 0.366 e. The lowest BCUT2D eigenvalue weighted by atomic mass is 9.94. The van der Waals surface area contributed by atoms with Crippen molar-refractivity contribution in [2.24, 2.45) is 5.73 Å². The number of hydrogen-bond acceptors (Lipinski definition) is 3. The van der Waals surface area contributed by atoms with Crippen molar-refractivity contribution in [1.82, 2.24) is 10.3 Å². The molecule has 2 aromatic carbocycles. The second kappa shape index (κ2) is 9.08. The van der Waals surface area contributed by atoms with E-state index in [-0.39, 0.29) is 0 Å². The number of primary amides is 1. The van der Waals surface area contributed by atoms with Crippen LogP contribution in [0.5, 0.6) is 0 Å². The molecule has 0 spiro atoms. The molecule has 0 saturated carbocycles. The highest BCUT2D eigenvalue weighted by atomic mass is 35.5. The average molecular weight is 426 g/mol. The molecule has 0 bridgehead atoms. The van der Waals surface area contributed by atoms with Crippen molar-refractivity contribution in [3.05, 3.63) is 76.5 Å². The van der Waals surface area contributed by atoms with Crippen LogP contribution in [0.15, 0.2) is 54.7 Å². The lowest BCUT2D eigenvalue weighted by Crippen LogP contribution is -2.33. The Morgan fingerprint density at radius 1 is 1.21 bits per heavy atom. The molecule has 4 rings (SSSR count).